The van der Waals surface area contributed by atoms with Crippen LogP contribution in [-0.2, 0) is 0 Å². The van der Waals surface area contributed by atoms with Gasteiger partial charge in [-0.2, -0.15) is 0 Å². The van der Waals surface area contributed by atoms with Crippen molar-refractivity contribution in [3.8, 4) is 0 Å². The van der Waals surface area contributed by atoms with Crippen molar-refractivity contribution >= 4 is 39.3 Å². The van der Waals surface area contributed by atoms with Gasteiger partial charge in [0.1, 0.15) is 0 Å². The number of aromatic nitrogens is 1. The van der Waals surface area contributed by atoms with Crippen LogP contribution in [0.15, 0.2) is 12.3 Å². The number of halogens is 2. The molecule has 0 amide bonds. The van der Waals surface area contributed by atoms with Crippen molar-refractivity contribution < 1.29 is 4.92 Å². The number of nitrogens with zero attached hydrogens (tertiary/aromatic N) is 2. The van der Waals surface area contributed by atoms with Gasteiger partial charge in [0.2, 0.25) is 5.15 Å². The van der Waals surface area contributed by atoms with Crippen LogP contribution >= 0.6 is 27.5 Å². The number of hydrogen-bond acceptors (Lipinski definition) is 3. The smallest absolute Gasteiger partial charge is 0.258 e. The summed E-state index contributed by atoms with van der Waals surface area (Å²) in [4.78, 5) is 14.1. The molecular formula is C10H10BrClN2O2. The third-order valence-electron chi connectivity index (χ3n) is 2.06. The zero-order valence-corrected chi connectivity index (χ0v) is 11.0. The highest BCUT2D eigenvalue weighted by Gasteiger charge is 2.19. The minimum atomic E-state index is -0.507. The molecule has 0 bridgehead atoms. The second-order valence-electron chi connectivity index (χ2n) is 3.12. The van der Waals surface area contributed by atoms with E-state index >= 15 is 0 Å². The van der Waals surface area contributed by atoms with Gasteiger partial charge in [0.25, 0.3) is 0 Å². The Hall–Kier alpha value is -0.940. The highest BCUT2D eigenvalue weighted by Crippen LogP contribution is 2.28. The van der Waals surface area contributed by atoms with Gasteiger partial charge < -0.3 is 0 Å². The quantitative estimate of drug-likeness (QED) is 0.368. The monoisotopic (exact) mass is 304 g/mol. The molecule has 16 heavy (non-hydrogen) atoms. The van der Waals surface area contributed by atoms with Gasteiger partial charge >= 0.3 is 5.69 Å². The Morgan fingerprint density at radius 3 is 2.94 bits per heavy atom. The number of hydrogen-bond donors (Lipinski definition) is 0. The Morgan fingerprint density at radius 1 is 1.69 bits per heavy atom. The van der Waals surface area contributed by atoms with Crippen LogP contribution in [0.25, 0.3) is 6.08 Å². The van der Waals surface area contributed by atoms with Gasteiger partial charge in [-0.05, 0) is 13.3 Å². The molecule has 1 heterocycles. The maximum absolute atomic E-state index is 10.8. The Bertz CT molecular complexity index is 435. The molecule has 86 valence electrons. The lowest BCUT2D eigenvalue weighted by Crippen LogP contribution is -1.97. The normalized spacial score (nSPS) is 10.9. The van der Waals surface area contributed by atoms with Gasteiger partial charge in [0.05, 0.1) is 4.92 Å². The Balaban J connectivity index is 3.13. The van der Waals surface area contributed by atoms with Crippen LogP contribution < -0.4 is 0 Å². The van der Waals surface area contributed by atoms with E-state index in [-0.39, 0.29) is 10.8 Å². The van der Waals surface area contributed by atoms with Crippen molar-refractivity contribution in [1.29, 1.82) is 0 Å². The Kier molecular flexibility index (Phi) is 4.89. The van der Waals surface area contributed by atoms with Gasteiger partial charge in [-0.3, -0.25) is 10.1 Å². The fourth-order valence-corrected chi connectivity index (χ4v) is 1.75. The third kappa shape index (κ3) is 3.02. The lowest BCUT2D eigenvalue weighted by molar-refractivity contribution is -0.385. The molecule has 4 nitrogen and oxygen atoms in total. The summed E-state index contributed by atoms with van der Waals surface area (Å²) >= 11 is 8.97. The molecule has 0 aliphatic heterocycles. The van der Waals surface area contributed by atoms with E-state index in [2.05, 4.69) is 20.9 Å². The molecule has 0 unspecified atom stereocenters. The largest absolute Gasteiger partial charge is 0.309 e. The standard InChI is InChI=1S/C10H10BrClN2O2/c1-7-8(4-2-3-5-11)6-13-10(12)9(7)14(15)16/h2,4,6H,3,5H2,1H3. The molecule has 0 aromatic carbocycles. The number of allylic oxidation sites excluding steroid dienone is 1. The van der Waals surface area contributed by atoms with Crippen LogP contribution in [0.5, 0.6) is 0 Å². The lowest BCUT2D eigenvalue weighted by atomic mass is 10.1. The van der Waals surface area contributed by atoms with E-state index in [0.29, 0.717) is 5.56 Å². The van der Waals surface area contributed by atoms with Gasteiger partial charge in [-0.15, -0.1) is 0 Å². The molecule has 0 saturated heterocycles. The van der Waals surface area contributed by atoms with E-state index < -0.39 is 4.92 Å². The Morgan fingerprint density at radius 2 is 2.38 bits per heavy atom. The summed E-state index contributed by atoms with van der Waals surface area (Å²) in [6, 6.07) is 0. The second-order valence-corrected chi connectivity index (χ2v) is 4.27. The van der Waals surface area contributed by atoms with Crippen molar-refractivity contribution in [2.24, 2.45) is 0 Å². The summed E-state index contributed by atoms with van der Waals surface area (Å²) in [5, 5.41) is 11.6. The summed E-state index contributed by atoms with van der Waals surface area (Å²) in [7, 11) is 0. The average Bonchev–Trinajstić information content (AvgIpc) is 2.21. The van der Waals surface area contributed by atoms with Crippen LogP contribution in [0.2, 0.25) is 5.15 Å². The lowest BCUT2D eigenvalue weighted by Gasteiger charge is -2.02. The molecule has 0 saturated carbocycles. The molecule has 0 fully saturated rings. The van der Waals surface area contributed by atoms with Gasteiger partial charge in [-0.25, -0.2) is 4.98 Å². The highest BCUT2D eigenvalue weighted by atomic mass is 79.9. The fourth-order valence-electron chi connectivity index (χ4n) is 1.23. The van der Waals surface area contributed by atoms with Crippen molar-refractivity contribution in [3.63, 3.8) is 0 Å². The Labute approximate surface area is 107 Å². The van der Waals surface area contributed by atoms with E-state index in [4.69, 9.17) is 11.6 Å². The average molecular weight is 306 g/mol. The second kappa shape index (κ2) is 5.96. The zero-order chi connectivity index (χ0) is 12.1. The number of alkyl halides is 1. The predicted molar refractivity (Wildman–Crippen MR) is 68.1 cm³/mol. The maximum Gasteiger partial charge on any atom is 0.309 e. The van der Waals surface area contributed by atoms with E-state index in [9.17, 15) is 10.1 Å². The van der Waals surface area contributed by atoms with E-state index in [0.717, 1.165) is 17.3 Å². The minimum absolute atomic E-state index is 0.0693. The summed E-state index contributed by atoms with van der Waals surface area (Å²) < 4.78 is 0. The topological polar surface area (TPSA) is 56.0 Å². The van der Waals surface area contributed by atoms with Gasteiger partial charge in [0, 0.05) is 22.7 Å². The molecule has 0 atom stereocenters. The van der Waals surface area contributed by atoms with Crippen molar-refractivity contribution in [3.05, 3.63) is 38.7 Å². The summed E-state index contributed by atoms with van der Waals surface area (Å²) in [5.74, 6) is 0. The van der Waals surface area contributed by atoms with E-state index in [1.54, 1.807) is 6.92 Å². The zero-order valence-electron chi connectivity index (χ0n) is 8.61. The van der Waals surface area contributed by atoms with Gasteiger partial charge in [0.15, 0.2) is 0 Å². The molecule has 0 N–H and O–H groups in total. The van der Waals surface area contributed by atoms with E-state index in [1.165, 1.54) is 6.20 Å². The van der Waals surface area contributed by atoms with Gasteiger partial charge in [-0.1, -0.05) is 39.7 Å². The fraction of sp³-hybridized carbons (Fsp3) is 0.300. The van der Waals surface area contributed by atoms with Crippen LogP contribution in [0.1, 0.15) is 17.5 Å². The molecule has 1 rings (SSSR count). The van der Waals surface area contributed by atoms with Crippen molar-refractivity contribution in [2.75, 3.05) is 5.33 Å². The molecule has 0 aliphatic carbocycles. The molecule has 0 spiro atoms. The SMILES string of the molecule is Cc1c(C=CCCBr)cnc(Cl)c1[N+](=O)[O-]. The predicted octanol–water partition coefficient (Wildman–Crippen LogP) is 3.75. The summed E-state index contributed by atoms with van der Waals surface area (Å²) in [6.07, 6.45) is 6.13. The van der Waals surface area contributed by atoms with E-state index in [1.807, 2.05) is 12.2 Å². The molecule has 6 heteroatoms. The molecule has 0 aliphatic rings. The summed E-state index contributed by atoms with van der Waals surface area (Å²) in [5.41, 5.74) is 1.13. The first-order chi connectivity index (χ1) is 7.57. The van der Waals surface area contributed by atoms with Crippen LogP contribution in [0.4, 0.5) is 5.69 Å². The van der Waals surface area contributed by atoms with Crippen molar-refractivity contribution in [2.45, 2.75) is 13.3 Å². The van der Waals surface area contributed by atoms with Crippen LogP contribution in [-0.4, -0.2) is 15.2 Å². The molecular weight excluding hydrogens is 295 g/mol. The molecule has 1 aromatic rings. The van der Waals surface area contributed by atoms with Crippen molar-refractivity contribution in [1.82, 2.24) is 4.98 Å². The van der Waals surface area contributed by atoms with Crippen LogP contribution in [0.3, 0.4) is 0 Å². The summed E-state index contributed by atoms with van der Waals surface area (Å²) in [6.45, 7) is 1.67. The van der Waals surface area contributed by atoms with Crippen LogP contribution in [0, 0.1) is 17.0 Å². The molecule has 1 aromatic heterocycles. The number of pyridine rings is 1. The first-order valence-corrected chi connectivity index (χ1v) is 6.10. The minimum Gasteiger partial charge on any atom is -0.258 e. The number of rotatable bonds is 4. The first-order valence-electron chi connectivity index (χ1n) is 4.60. The first kappa shape index (κ1) is 13.1. The highest BCUT2D eigenvalue weighted by molar-refractivity contribution is 9.09. The third-order valence-corrected chi connectivity index (χ3v) is 2.79. The molecule has 0 radical (unpaired) electrons. The number of nitro groups is 1. The maximum atomic E-state index is 10.8.